The van der Waals surface area contributed by atoms with Crippen LogP contribution in [0, 0.1) is 0 Å². The number of rotatable bonds is 6. The van der Waals surface area contributed by atoms with Gasteiger partial charge in [-0.2, -0.15) is 0 Å². The molecule has 3 nitrogen and oxygen atoms in total. The Morgan fingerprint density at radius 1 is 1.33 bits per heavy atom. The first-order valence-electron chi connectivity index (χ1n) is 7.49. The van der Waals surface area contributed by atoms with Crippen molar-refractivity contribution in [1.82, 2.24) is 4.90 Å². The number of hydrogen-bond donors (Lipinski definition) is 1. The van der Waals surface area contributed by atoms with Gasteiger partial charge >= 0.3 is 0 Å². The van der Waals surface area contributed by atoms with Crippen LogP contribution < -0.4 is 5.73 Å². The smallest absolute Gasteiger partial charge is 0.0634 e. The Morgan fingerprint density at radius 3 is 2.67 bits per heavy atom. The third-order valence-electron chi connectivity index (χ3n) is 4.20. The summed E-state index contributed by atoms with van der Waals surface area (Å²) in [7, 11) is 1.81. The van der Waals surface area contributed by atoms with Crippen molar-refractivity contribution in [3.63, 3.8) is 0 Å². The van der Waals surface area contributed by atoms with Crippen LogP contribution in [-0.4, -0.2) is 42.8 Å². The summed E-state index contributed by atoms with van der Waals surface area (Å²) in [4.78, 5) is 2.65. The van der Waals surface area contributed by atoms with Crippen LogP contribution in [0.4, 0.5) is 0 Å². The molecule has 1 fully saturated rings. The third kappa shape index (κ3) is 5.68. The molecule has 2 unspecified atom stereocenters. The number of hydrogen-bond acceptors (Lipinski definition) is 3. The molecule has 1 aliphatic rings. The van der Waals surface area contributed by atoms with E-state index in [2.05, 4.69) is 25.7 Å². The van der Waals surface area contributed by atoms with Gasteiger partial charge in [0.1, 0.15) is 0 Å². The summed E-state index contributed by atoms with van der Waals surface area (Å²) in [5, 5.41) is 0. The zero-order chi connectivity index (χ0) is 13.6. The van der Waals surface area contributed by atoms with Crippen LogP contribution in [0.15, 0.2) is 0 Å². The van der Waals surface area contributed by atoms with E-state index in [4.69, 9.17) is 10.5 Å². The standard InChI is InChI=1S/C15H32N2O/c1-13(16)12-14-8-6-5-7-10-17(14)11-9-15(2,3)18-4/h13-14H,5-12,16H2,1-4H3. The SMILES string of the molecule is COC(C)(C)CCN1CCCCCC1CC(C)N. The maximum atomic E-state index is 5.99. The molecule has 3 heteroatoms. The second kappa shape index (κ2) is 7.46. The molecule has 0 aromatic carbocycles. The molecule has 0 radical (unpaired) electrons. The molecule has 0 saturated carbocycles. The van der Waals surface area contributed by atoms with Crippen molar-refractivity contribution in [2.24, 2.45) is 5.73 Å². The summed E-state index contributed by atoms with van der Waals surface area (Å²) in [5.74, 6) is 0. The first-order chi connectivity index (χ1) is 8.44. The van der Waals surface area contributed by atoms with Gasteiger partial charge in [-0.3, -0.25) is 0 Å². The molecule has 1 heterocycles. The van der Waals surface area contributed by atoms with Crippen molar-refractivity contribution in [3.8, 4) is 0 Å². The molecule has 108 valence electrons. The molecule has 18 heavy (non-hydrogen) atoms. The zero-order valence-corrected chi connectivity index (χ0v) is 12.7. The fourth-order valence-electron chi connectivity index (χ4n) is 2.74. The van der Waals surface area contributed by atoms with Crippen LogP contribution in [0.25, 0.3) is 0 Å². The molecule has 0 aromatic rings. The maximum Gasteiger partial charge on any atom is 0.0634 e. The predicted molar refractivity (Wildman–Crippen MR) is 77.8 cm³/mol. The minimum absolute atomic E-state index is 0.00875. The molecule has 0 amide bonds. The van der Waals surface area contributed by atoms with Crippen molar-refractivity contribution < 1.29 is 4.74 Å². The minimum Gasteiger partial charge on any atom is -0.379 e. The van der Waals surface area contributed by atoms with Crippen LogP contribution >= 0.6 is 0 Å². The Morgan fingerprint density at radius 2 is 2.06 bits per heavy atom. The third-order valence-corrected chi connectivity index (χ3v) is 4.20. The first-order valence-corrected chi connectivity index (χ1v) is 7.49. The van der Waals surface area contributed by atoms with E-state index in [-0.39, 0.29) is 5.60 Å². The van der Waals surface area contributed by atoms with Gasteiger partial charge in [0.15, 0.2) is 0 Å². The van der Waals surface area contributed by atoms with E-state index in [9.17, 15) is 0 Å². The number of methoxy groups -OCH3 is 1. The van der Waals surface area contributed by atoms with E-state index in [1.165, 1.54) is 32.2 Å². The highest BCUT2D eigenvalue weighted by atomic mass is 16.5. The van der Waals surface area contributed by atoms with E-state index < -0.39 is 0 Å². The Bertz CT molecular complexity index is 229. The zero-order valence-electron chi connectivity index (χ0n) is 12.7. The summed E-state index contributed by atoms with van der Waals surface area (Å²) in [5.41, 5.74) is 5.98. The topological polar surface area (TPSA) is 38.5 Å². The van der Waals surface area contributed by atoms with Crippen LogP contribution in [-0.2, 0) is 4.74 Å². The molecule has 2 atom stereocenters. The molecule has 0 bridgehead atoms. The highest BCUT2D eigenvalue weighted by Crippen LogP contribution is 2.22. The van der Waals surface area contributed by atoms with Crippen molar-refractivity contribution >= 4 is 0 Å². The van der Waals surface area contributed by atoms with E-state index in [0.717, 1.165) is 19.4 Å². The van der Waals surface area contributed by atoms with E-state index in [1.54, 1.807) is 0 Å². The molecule has 0 spiro atoms. The quantitative estimate of drug-likeness (QED) is 0.794. The lowest BCUT2D eigenvalue weighted by molar-refractivity contribution is 0.00350. The van der Waals surface area contributed by atoms with E-state index >= 15 is 0 Å². The van der Waals surface area contributed by atoms with Gasteiger partial charge in [0.05, 0.1) is 5.60 Å². The normalized spacial score (nSPS) is 24.8. The number of ether oxygens (including phenoxy) is 1. The monoisotopic (exact) mass is 256 g/mol. The van der Waals surface area contributed by atoms with E-state index in [1.807, 2.05) is 7.11 Å². The maximum absolute atomic E-state index is 5.99. The molecule has 1 rings (SSSR count). The van der Waals surface area contributed by atoms with Gasteiger partial charge in [0.2, 0.25) is 0 Å². The number of nitrogens with zero attached hydrogens (tertiary/aromatic N) is 1. The summed E-state index contributed by atoms with van der Waals surface area (Å²) in [6, 6.07) is 0.992. The molecular weight excluding hydrogens is 224 g/mol. The van der Waals surface area contributed by atoms with Gasteiger partial charge in [-0.1, -0.05) is 12.8 Å². The second-order valence-electron chi connectivity index (χ2n) is 6.47. The Labute approximate surface area is 113 Å². The van der Waals surface area contributed by atoms with Crippen molar-refractivity contribution in [3.05, 3.63) is 0 Å². The predicted octanol–water partition coefficient (Wildman–Crippen LogP) is 2.78. The van der Waals surface area contributed by atoms with Crippen LogP contribution in [0.5, 0.6) is 0 Å². The molecule has 0 aromatic heterocycles. The second-order valence-corrected chi connectivity index (χ2v) is 6.47. The lowest BCUT2D eigenvalue weighted by Gasteiger charge is -2.34. The van der Waals surface area contributed by atoms with Crippen LogP contribution in [0.3, 0.4) is 0 Å². The average Bonchev–Trinajstić information content (AvgIpc) is 2.51. The Kier molecular flexibility index (Phi) is 6.61. The average molecular weight is 256 g/mol. The van der Waals surface area contributed by atoms with Crippen molar-refractivity contribution in [2.45, 2.75) is 77.0 Å². The highest BCUT2D eigenvalue weighted by Gasteiger charge is 2.24. The number of likely N-dealkylation sites (tertiary alicyclic amines) is 1. The summed E-state index contributed by atoms with van der Waals surface area (Å²) in [6.45, 7) is 8.84. The fraction of sp³-hybridized carbons (Fsp3) is 1.00. The molecule has 1 aliphatic heterocycles. The van der Waals surface area contributed by atoms with Crippen LogP contribution in [0.2, 0.25) is 0 Å². The summed E-state index contributed by atoms with van der Waals surface area (Å²) < 4.78 is 5.52. The molecule has 2 N–H and O–H groups in total. The van der Waals surface area contributed by atoms with Gasteiger partial charge in [-0.05, 0) is 53.0 Å². The fourth-order valence-corrected chi connectivity index (χ4v) is 2.74. The van der Waals surface area contributed by atoms with Gasteiger partial charge in [0.25, 0.3) is 0 Å². The minimum atomic E-state index is -0.00875. The molecular formula is C15H32N2O. The first kappa shape index (κ1) is 15.9. The van der Waals surface area contributed by atoms with Gasteiger partial charge in [0, 0.05) is 25.7 Å². The highest BCUT2D eigenvalue weighted by molar-refractivity contribution is 4.80. The Balaban J connectivity index is 2.51. The molecule has 0 aliphatic carbocycles. The van der Waals surface area contributed by atoms with Crippen molar-refractivity contribution in [2.75, 3.05) is 20.2 Å². The van der Waals surface area contributed by atoms with Crippen molar-refractivity contribution in [1.29, 1.82) is 0 Å². The number of nitrogens with two attached hydrogens (primary N) is 1. The summed E-state index contributed by atoms with van der Waals surface area (Å²) in [6.07, 6.45) is 7.62. The van der Waals surface area contributed by atoms with Crippen LogP contribution in [0.1, 0.15) is 59.3 Å². The van der Waals surface area contributed by atoms with E-state index in [0.29, 0.717) is 12.1 Å². The van der Waals surface area contributed by atoms with Gasteiger partial charge in [-0.15, -0.1) is 0 Å². The lowest BCUT2D eigenvalue weighted by Crippen LogP contribution is -2.41. The van der Waals surface area contributed by atoms with Gasteiger partial charge < -0.3 is 15.4 Å². The lowest BCUT2D eigenvalue weighted by atomic mass is 10.0. The molecule has 1 saturated heterocycles. The Hall–Kier alpha value is -0.120. The summed E-state index contributed by atoms with van der Waals surface area (Å²) >= 11 is 0. The van der Waals surface area contributed by atoms with Gasteiger partial charge in [-0.25, -0.2) is 0 Å². The largest absolute Gasteiger partial charge is 0.379 e.